The average Bonchev–Trinajstić information content (AvgIpc) is 3.09. The fourth-order valence-electron chi connectivity index (χ4n) is 2.36. The van der Waals surface area contributed by atoms with E-state index in [1.165, 1.54) is 18.6 Å². The zero-order valence-corrected chi connectivity index (χ0v) is 14.8. The number of carbonyl (C=O) groups is 2. The van der Waals surface area contributed by atoms with Gasteiger partial charge >= 0.3 is 0 Å². The van der Waals surface area contributed by atoms with E-state index in [4.69, 9.17) is 17.3 Å². The molecule has 2 aromatic heterocycles. The Balaban J connectivity index is 1.66. The lowest BCUT2D eigenvalue weighted by Gasteiger charge is -2.06. The molecule has 0 atom stereocenters. The third-order valence-electron chi connectivity index (χ3n) is 3.51. The zero-order valence-electron chi connectivity index (χ0n) is 14.1. The van der Waals surface area contributed by atoms with Crippen LogP contribution < -0.4 is 16.4 Å². The van der Waals surface area contributed by atoms with Crippen molar-refractivity contribution in [2.75, 3.05) is 22.2 Å². The standard InChI is InChI=1S/C17H16ClN7O2/c18-7-14(26)23-12-3-1-2-11(6-12)9-25-10-13(8-22-25)24-17(27)15-16(19)21-5-4-20-15/h1-6,8,10H,7,9H2,(H2,19,21)(H,23,26)(H,24,27). The number of hydrogen-bond donors (Lipinski definition) is 3. The summed E-state index contributed by atoms with van der Waals surface area (Å²) in [5, 5.41) is 9.58. The van der Waals surface area contributed by atoms with Gasteiger partial charge in [-0.15, -0.1) is 11.6 Å². The SMILES string of the molecule is Nc1nccnc1C(=O)Nc1cnn(Cc2cccc(NC(=O)CCl)c2)c1. The van der Waals surface area contributed by atoms with Crippen molar-refractivity contribution in [2.24, 2.45) is 0 Å². The van der Waals surface area contributed by atoms with Gasteiger partial charge in [-0.25, -0.2) is 9.97 Å². The minimum absolute atomic E-state index is 0.0491. The van der Waals surface area contributed by atoms with E-state index in [0.29, 0.717) is 17.9 Å². The van der Waals surface area contributed by atoms with Crippen molar-refractivity contribution in [1.82, 2.24) is 19.7 Å². The normalized spacial score (nSPS) is 10.4. The molecule has 0 saturated heterocycles. The maximum atomic E-state index is 12.2. The van der Waals surface area contributed by atoms with Crippen LogP contribution in [0.2, 0.25) is 0 Å². The quantitative estimate of drug-likeness (QED) is 0.554. The molecule has 2 amide bonds. The highest BCUT2D eigenvalue weighted by Crippen LogP contribution is 2.14. The Morgan fingerprint density at radius 3 is 2.74 bits per heavy atom. The Labute approximate surface area is 159 Å². The van der Waals surface area contributed by atoms with Crippen LogP contribution in [0, 0.1) is 0 Å². The van der Waals surface area contributed by atoms with Crippen molar-refractivity contribution in [3.63, 3.8) is 0 Å². The van der Waals surface area contributed by atoms with Crippen LogP contribution >= 0.6 is 11.6 Å². The van der Waals surface area contributed by atoms with Crippen LogP contribution in [0.3, 0.4) is 0 Å². The first kappa shape index (κ1) is 18.3. The lowest BCUT2D eigenvalue weighted by Crippen LogP contribution is -2.16. The summed E-state index contributed by atoms with van der Waals surface area (Å²) >= 11 is 5.49. The second kappa shape index (κ2) is 8.28. The number of amides is 2. The molecule has 0 saturated carbocycles. The lowest BCUT2D eigenvalue weighted by atomic mass is 10.2. The average molecular weight is 386 g/mol. The number of aromatic nitrogens is 4. The number of halogens is 1. The van der Waals surface area contributed by atoms with Crippen LogP contribution in [0.5, 0.6) is 0 Å². The van der Waals surface area contributed by atoms with Gasteiger partial charge in [0.25, 0.3) is 5.91 Å². The predicted octanol–water partition coefficient (Wildman–Crippen LogP) is 1.73. The molecule has 3 rings (SSSR count). The smallest absolute Gasteiger partial charge is 0.278 e. The van der Waals surface area contributed by atoms with E-state index in [1.807, 2.05) is 18.2 Å². The molecule has 0 unspecified atom stereocenters. The van der Waals surface area contributed by atoms with Gasteiger partial charge in [-0.2, -0.15) is 5.10 Å². The second-order valence-corrected chi connectivity index (χ2v) is 5.82. The first-order chi connectivity index (χ1) is 13.0. The number of hydrogen-bond acceptors (Lipinski definition) is 6. The summed E-state index contributed by atoms with van der Waals surface area (Å²) in [4.78, 5) is 31.3. The summed E-state index contributed by atoms with van der Waals surface area (Å²) in [6, 6.07) is 7.32. The van der Waals surface area contributed by atoms with Crippen LogP contribution in [0.1, 0.15) is 16.1 Å². The minimum Gasteiger partial charge on any atom is -0.382 e. The number of rotatable bonds is 6. The van der Waals surface area contributed by atoms with E-state index in [-0.39, 0.29) is 23.3 Å². The van der Waals surface area contributed by atoms with Gasteiger partial charge in [0.1, 0.15) is 5.88 Å². The van der Waals surface area contributed by atoms with Crippen molar-refractivity contribution >= 4 is 40.6 Å². The summed E-state index contributed by atoms with van der Waals surface area (Å²) < 4.78 is 1.65. The number of alkyl halides is 1. The molecule has 0 aliphatic rings. The summed E-state index contributed by atoms with van der Waals surface area (Å²) in [5.74, 6) is -0.798. The van der Waals surface area contributed by atoms with E-state index in [2.05, 4.69) is 25.7 Å². The summed E-state index contributed by atoms with van der Waals surface area (Å²) in [5.41, 5.74) is 7.76. The molecule has 10 heteroatoms. The van der Waals surface area contributed by atoms with Gasteiger partial charge in [-0.1, -0.05) is 12.1 Å². The fraction of sp³-hybridized carbons (Fsp3) is 0.118. The molecule has 0 bridgehead atoms. The van der Waals surface area contributed by atoms with Crippen LogP contribution in [0.25, 0.3) is 0 Å². The molecular formula is C17H16ClN7O2. The van der Waals surface area contributed by atoms with Crippen LogP contribution in [0.4, 0.5) is 17.2 Å². The van der Waals surface area contributed by atoms with E-state index >= 15 is 0 Å². The fourth-order valence-corrected chi connectivity index (χ4v) is 2.42. The van der Waals surface area contributed by atoms with E-state index < -0.39 is 5.91 Å². The topological polar surface area (TPSA) is 128 Å². The minimum atomic E-state index is -0.467. The Bertz CT molecular complexity index is 973. The number of carbonyl (C=O) groups excluding carboxylic acids is 2. The van der Waals surface area contributed by atoms with Crippen molar-refractivity contribution in [2.45, 2.75) is 6.54 Å². The van der Waals surface area contributed by atoms with Crippen molar-refractivity contribution in [3.05, 3.63) is 60.3 Å². The van der Waals surface area contributed by atoms with Gasteiger partial charge in [0.05, 0.1) is 18.4 Å². The van der Waals surface area contributed by atoms with E-state index in [0.717, 1.165) is 5.56 Å². The van der Waals surface area contributed by atoms with Gasteiger partial charge < -0.3 is 16.4 Å². The number of nitrogens with zero attached hydrogens (tertiary/aromatic N) is 4. The first-order valence-corrected chi connectivity index (χ1v) is 8.43. The molecule has 2 heterocycles. The molecule has 138 valence electrons. The molecule has 0 radical (unpaired) electrons. The summed E-state index contributed by atoms with van der Waals surface area (Å²) in [7, 11) is 0. The third kappa shape index (κ3) is 4.79. The van der Waals surface area contributed by atoms with Crippen LogP contribution in [-0.4, -0.2) is 37.4 Å². The van der Waals surface area contributed by atoms with Crippen molar-refractivity contribution < 1.29 is 9.59 Å². The number of nitrogens with one attached hydrogen (secondary N) is 2. The Hall–Kier alpha value is -3.46. The highest BCUT2D eigenvalue weighted by molar-refractivity contribution is 6.29. The highest BCUT2D eigenvalue weighted by Gasteiger charge is 2.13. The van der Waals surface area contributed by atoms with E-state index in [1.54, 1.807) is 16.9 Å². The molecule has 1 aromatic carbocycles. The molecule has 0 aliphatic carbocycles. The molecule has 4 N–H and O–H groups in total. The van der Waals surface area contributed by atoms with Crippen LogP contribution in [-0.2, 0) is 11.3 Å². The van der Waals surface area contributed by atoms with E-state index in [9.17, 15) is 9.59 Å². The maximum absolute atomic E-state index is 12.2. The number of nitrogens with two attached hydrogens (primary N) is 1. The number of anilines is 3. The lowest BCUT2D eigenvalue weighted by molar-refractivity contribution is -0.113. The molecule has 9 nitrogen and oxygen atoms in total. The third-order valence-corrected chi connectivity index (χ3v) is 3.75. The molecular weight excluding hydrogens is 370 g/mol. The second-order valence-electron chi connectivity index (χ2n) is 5.55. The van der Waals surface area contributed by atoms with Gasteiger partial charge in [0, 0.05) is 24.3 Å². The first-order valence-electron chi connectivity index (χ1n) is 7.90. The van der Waals surface area contributed by atoms with Crippen molar-refractivity contribution in [1.29, 1.82) is 0 Å². The summed E-state index contributed by atoms with van der Waals surface area (Å²) in [6.07, 6.45) is 6.00. The number of nitrogen functional groups attached to an aromatic ring is 1. The Morgan fingerprint density at radius 1 is 1.15 bits per heavy atom. The van der Waals surface area contributed by atoms with Crippen molar-refractivity contribution in [3.8, 4) is 0 Å². The summed E-state index contributed by atoms with van der Waals surface area (Å²) in [6.45, 7) is 0.452. The molecule has 0 aliphatic heterocycles. The Kier molecular flexibility index (Phi) is 5.62. The van der Waals surface area contributed by atoms with Gasteiger partial charge in [-0.05, 0) is 17.7 Å². The van der Waals surface area contributed by atoms with Gasteiger partial charge in [0.15, 0.2) is 11.5 Å². The van der Waals surface area contributed by atoms with Crippen LogP contribution in [0.15, 0.2) is 49.1 Å². The highest BCUT2D eigenvalue weighted by atomic mass is 35.5. The monoisotopic (exact) mass is 385 g/mol. The Morgan fingerprint density at radius 2 is 1.96 bits per heavy atom. The largest absolute Gasteiger partial charge is 0.382 e. The van der Waals surface area contributed by atoms with Gasteiger partial charge in [0.2, 0.25) is 5.91 Å². The zero-order chi connectivity index (χ0) is 19.2. The molecule has 27 heavy (non-hydrogen) atoms. The molecule has 3 aromatic rings. The number of benzene rings is 1. The molecule has 0 spiro atoms. The molecule has 0 fully saturated rings. The predicted molar refractivity (Wildman–Crippen MR) is 102 cm³/mol. The van der Waals surface area contributed by atoms with Gasteiger partial charge in [-0.3, -0.25) is 14.3 Å². The maximum Gasteiger partial charge on any atom is 0.278 e.